The Labute approximate surface area is 87.7 Å². The first-order valence-electron chi connectivity index (χ1n) is 4.61. The van der Waals surface area contributed by atoms with Crippen molar-refractivity contribution in [3.63, 3.8) is 0 Å². The maximum atomic E-state index is 11.6. The summed E-state index contributed by atoms with van der Waals surface area (Å²) in [6.45, 7) is 0.678. The first-order chi connectivity index (χ1) is 7.25. The quantitative estimate of drug-likeness (QED) is 0.612. The van der Waals surface area contributed by atoms with Crippen LogP contribution in [0.25, 0.3) is 11.2 Å². The molecule has 7 heteroatoms. The van der Waals surface area contributed by atoms with E-state index < -0.39 is 0 Å². The van der Waals surface area contributed by atoms with Crippen LogP contribution in [0.1, 0.15) is 6.42 Å². The van der Waals surface area contributed by atoms with Crippen LogP contribution in [0.15, 0.2) is 14.6 Å². The number of aromatic nitrogens is 4. The number of hydrogen-bond acceptors (Lipinski definition) is 4. The molecule has 0 aromatic carbocycles. The van der Waals surface area contributed by atoms with E-state index in [-0.39, 0.29) is 11.4 Å². The summed E-state index contributed by atoms with van der Waals surface area (Å²) < 4.78 is 1.61. The Kier molecular flexibility index (Phi) is 1.75. The molecule has 0 saturated carbocycles. The lowest BCUT2D eigenvalue weighted by molar-refractivity contribution is 0.582. The van der Waals surface area contributed by atoms with Gasteiger partial charge >= 0.3 is 11.4 Å². The van der Waals surface area contributed by atoms with Crippen molar-refractivity contribution < 1.29 is 0 Å². The minimum atomic E-state index is -0.322. The summed E-state index contributed by atoms with van der Waals surface area (Å²) in [5, 5.41) is 0.814. The summed E-state index contributed by atoms with van der Waals surface area (Å²) in [5.74, 6) is 0.964. The number of H-pyrrole nitrogens is 2. The molecule has 0 fully saturated rings. The van der Waals surface area contributed by atoms with Gasteiger partial charge in [0.25, 0.3) is 0 Å². The second-order valence-electron chi connectivity index (χ2n) is 3.36. The molecule has 0 saturated heterocycles. The highest BCUT2D eigenvalue weighted by Gasteiger charge is 2.17. The number of aromatic amines is 2. The largest absolute Gasteiger partial charge is 0.350 e. The van der Waals surface area contributed by atoms with E-state index in [4.69, 9.17) is 0 Å². The Morgan fingerprint density at radius 3 is 3.07 bits per heavy atom. The Bertz CT molecular complexity index is 638. The van der Waals surface area contributed by atoms with Crippen LogP contribution in [0.4, 0.5) is 0 Å². The molecule has 2 aromatic heterocycles. The topological polar surface area (TPSA) is 83.5 Å². The Morgan fingerprint density at radius 2 is 2.20 bits per heavy atom. The number of nitrogens with one attached hydrogen (secondary N) is 2. The van der Waals surface area contributed by atoms with Gasteiger partial charge in [-0.15, -0.1) is 11.8 Å². The Hall–Kier alpha value is -1.50. The van der Waals surface area contributed by atoms with E-state index in [1.807, 2.05) is 0 Å². The summed E-state index contributed by atoms with van der Waals surface area (Å²) in [5.41, 5.74) is 0.381. The van der Waals surface area contributed by atoms with Gasteiger partial charge in [0, 0.05) is 12.3 Å². The molecule has 3 rings (SSSR count). The average Bonchev–Trinajstić information content (AvgIpc) is 2.59. The van der Waals surface area contributed by atoms with Crippen molar-refractivity contribution in [2.24, 2.45) is 0 Å². The molecule has 6 nitrogen and oxygen atoms in total. The van der Waals surface area contributed by atoms with Crippen molar-refractivity contribution in [2.75, 3.05) is 5.75 Å². The number of fused-ring (bicyclic) bond motifs is 3. The van der Waals surface area contributed by atoms with Gasteiger partial charge in [-0.2, -0.15) is 4.98 Å². The Morgan fingerprint density at radius 1 is 1.33 bits per heavy atom. The fourth-order valence-corrected chi connectivity index (χ4v) is 2.81. The maximum absolute atomic E-state index is 11.6. The molecule has 0 aliphatic carbocycles. The molecule has 0 radical (unpaired) electrons. The lowest BCUT2D eigenvalue weighted by atomic mass is 10.4. The van der Waals surface area contributed by atoms with Crippen molar-refractivity contribution in [1.82, 2.24) is 19.5 Å². The molecule has 0 unspecified atom stereocenters. The SMILES string of the molecule is O=c1[nH]c2nc(=O)n3c(c2[nH]1)SCCC3. The average molecular weight is 224 g/mol. The third kappa shape index (κ3) is 1.23. The van der Waals surface area contributed by atoms with E-state index in [0.29, 0.717) is 17.7 Å². The minimum Gasteiger partial charge on any atom is -0.302 e. The zero-order valence-electron chi connectivity index (χ0n) is 7.74. The van der Waals surface area contributed by atoms with Gasteiger partial charge in [-0.3, -0.25) is 9.55 Å². The number of hydrogen-bond donors (Lipinski definition) is 2. The van der Waals surface area contributed by atoms with Gasteiger partial charge in [0.05, 0.1) is 0 Å². The summed E-state index contributed by atoms with van der Waals surface area (Å²) in [6, 6.07) is 0. The molecule has 78 valence electrons. The van der Waals surface area contributed by atoms with E-state index >= 15 is 0 Å². The number of thioether (sulfide) groups is 1. The summed E-state index contributed by atoms with van der Waals surface area (Å²) >= 11 is 1.58. The molecule has 0 spiro atoms. The summed E-state index contributed by atoms with van der Waals surface area (Å²) in [4.78, 5) is 31.7. The second-order valence-corrected chi connectivity index (χ2v) is 4.44. The van der Waals surface area contributed by atoms with E-state index in [9.17, 15) is 9.59 Å². The van der Waals surface area contributed by atoms with Gasteiger partial charge in [-0.1, -0.05) is 0 Å². The first-order valence-corrected chi connectivity index (χ1v) is 5.60. The molecule has 2 N–H and O–H groups in total. The van der Waals surface area contributed by atoms with Crippen LogP contribution in [0.3, 0.4) is 0 Å². The third-order valence-corrected chi connectivity index (χ3v) is 3.56. The fraction of sp³-hybridized carbons (Fsp3) is 0.375. The van der Waals surface area contributed by atoms with Gasteiger partial charge in [-0.05, 0) is 6.42 Å². The van der Waals surface area contributed by atoms with Crippen LogP contribution in [0.5, 0.6) is 0 Å². The van der Waals surface area contributed by atoms with Crippen molar-refractivity contribution in [3.8, 4) is 0 Å². The zero-order valence-corrected chi connectivity index (χ0v) is 8.56. The smallest absolute Gasteiger partial charge is 0.302 e. The lowest BCUT2D eigenvalue weighted by Gasteiger charge is -2.16. The second kappa shape index (κ2) is 2.99. The van der Waals surface area contributed by atoms with Crippen molar-refractivity contribution in [2.45, 2.75) is 18.0 Å². The zero-order chi connectivity index (χ0) is 10.4. The van der Waals surface area contributed by atoms with Gasteiger partial charge in [0.15, 0.2) is 5.65 Å². The van der Waals surface area contributed by atoms with E-state index in [1.54, 1.807) is 16.3 Å². The molecule has 0 atom stereocenters. The summed E-state index contributed by atoms with van der Waals surface area (Å²) in [7, 11) is 0. The van der Waals surface area contributed by atoms with E-state index in [0.717, 1.165) is 17.2 Å². The van der Waals surface area contributed by atoms with Gasteiger partial charge in [0.1, 0.15) is 10.5 Å². The van der Waals surface area contributed by atoms with Crippen LogP contribution >= 0.6 is 11.8 Å². The highest BCUT2D eigenvalue weighted by Crippen LogP contribution is 2.26. The third-order valence-electron chi connectivity index (χ3n) is 2.37. The molecular formula is C8H8N4O2S. The molecular weight excluding hydrogens is 216 g/mol. The van der Waals surface area contributed by atoms with Crippen LogP contribution in [0, 0.1) is 0 Å². The minimum absolute atomic E-state index is 0.292. The van der Waals surface area contributed by atoms with E-state index in [2.05, 4.69) is 15.0 Å². The molecule has 3 heterocycles. The predicted molar refractivity (Wildman–Crippen MR) is 56.3 cm³/mol. The highest BCUT2D eigenvalue weighted by atomic mass is 32.2. The van der Waals surface area contributed by atoms with Crippen LogP contribution in [-0.4, -0.2) is 25.3 Å². The van der Waals surface area contributed by atoms with Gasteiger partial charge in [0.2, 0.25) is 0 Å². The number of nitrogens with zero attached hydrogens (tertiary/aromatic N) is 2. The van der Waals surface area contributed by atoms with Crippen molar-refractivity contribution in [3.05, 3.63) is 21.0 Å². The number of imidazole rings is 1. The standard InChI is InChI=1S/C8H8N4O2S/c13-7-9-4-5(10-7)11-8(14)12-2-1-3-15-6(4)12/h1-3H2,(H2,9,10,11,13,14). The number of rotatable bonds is 0. The van der Waals surface area contributed by atoms with Gasteiger partial charge < -0.3 is 4.98 Å². The molecule has 1 aliphatic rings. The molecule has 0 bridgehead atoms. The van der Waals surface area contributed by atoms with Crippen molar-refractivity contribution >= 4 is 22.9 Å². The normalized spacial score (nSPS) is 15.5. The van der Waals surface area contributed by atoms with Gasteiger partial charge in [-0.25, -0.2) is 9.59 Å². The highest BCUT2D eigenvalue weighted by molar-refractivity contribution is 7.99. The molecule has 15 heavy (non-hydrogen) atoms. The molecule has 2 aromatic rings. The van der Waals surface area contributed by atoms with Crippen molar-refractivity contribution in [1.29, 1.82) is 0 Å². The Balaban J connectivity index is 2.48. The van der Waals surface area contributed by atoms with Crippen LogP contribution in [0.2, 0.25) is 0 Å². The summed E-state index contributed by atoms with van der Waals surface area (Å²) in [6.07, 6.45) is 0.958. The first kappa shape index (κ1) is 8.78. The molecule has 1 aliphatic heterocycles. The van der Waals surface area contributed by atoms with Crippen LogP contribution < -0.4 is 11.4 Å². The predicted octanol–water partition coefficient (Wildman–Crippen LogP) is -0.0913. The lowest BCUT2D eigenvalue weighted by Crippen LogP contribution is -2.27. The molecule has 0 amide bonds. The fourth-order valence-electron chi connectivity index (χ4n) is 1.73. The maximum Gasteiger partial charge on any atom is 0.350 e. The van der Waals surface area contributed by atoms with Crippen LogP contribution in [-0.2, 0) is 6.54 Å². The monoisotopic (exact) mass is 224 g/mol. The van der Waals surface area contributed by atoms with E-state index in [1.165, 1.54) is 0 Å².